The van der Waals surface area contributed by atoms with Gasteiger partial charge in [0.2, 0.25) is 0 Å². The van der Waals surface area contributed by atoms with Gasteiger partial charge in [-0.2, -0.15) is 0 Å². The first-order valence-corrected chi connectivity index (χ1v) is 11.1. The monoisotopic (exact) mass is 451 g/mol. The molecule has 2 aromatic carbocycles. The van der Waals surface area contributed by atoms with Crippen LogP contribution in [-0.2, 0) is 19.7 Å². The zero-order chi connectivity index (χ0) is 24.3. The Hall–Kier alpha value is -3.12. The largest absolute Gasteiger partial charge is 0.507 e. The Bertz CT molecular complexity index is 1060. The molecule has 0 spiro atoms. The number of aliphatic hydroxyl groups excluding tert-OH is 1. The van der Waals surface area contributed by atoms with Crippen molar-refractivity contribution in [2.75, 3.05) is 27.4 Å². The van der Waals surface area contributed by atoms with Crippen molar-refractivity contribution in [2.24, 2.45) is 0 Å². The molecule has 1 atom stereocenters. The van der Waals surface area contributed by atoms with Gasteiger partial charge in [-0.25, -0.2) is 0 Å². The minimum absolute atomic E-state index is 0.108. The molecule has 1 aliphatic rings. The van der Waals surface area contributed by atoms with Crippen molar-refractivity contribution in [2.45, 2.75) is 45.6 Å². The number of nitrogens with zero attached hydrogens (tertiary/aromatic N) is 1. The highest BCUT2D eigenvalue weighted by molar-refractivity contribution is 6.46. The van der Waals surface area contributed by atoms with Gasteiger partial charge in [0.15, 0.2) is 0 Å². The normalized spacial score (nSPS) is 18.1. The number of rotatable bonds is 7. The fourth-order valence-electron chi connectivity index (χ4n) is 4.11. The zero-order valence-electron chi connectivity index (χ0n) is 20.3. The second-order valence-corrected chi connectivity index (χ2v) is 9.39. The molecule has 1 fully saturated rings. The second-order valence-electron chi connectivity index (χ2n) is 9.39. The molecule has 6 nitrogen and oxygen atoms in total. The molecule has 176 valence electrons. The number of carbonyl (C=O) groups is 2. The number of ether oxygens (including phenoxy) is 2. The molecular weight excluding hydrogens is 418 g/mol. The van der Waals surface area contributed by atoms with Crippen molar-refractivity contribution in [3.8, 4) is 5.75 Å². The summed E-state index contributed by atoms with van der Waals surface area (Å²) in [6.07, 6.45) is 0.578. The van der Waals surface area contributed by atoms with Crippen LogP contribution in [0.3, 0.4) is 0 Å². The van der Waals surface area contributed by atoms with Crippen molar-refractivity contribution in [3.63, 3.8) is 0 Å². The summed E-state index contributed by atoms with van der Waals surface area (Å²) in [5, 5.41) is 11.4. The minimum atomic E-state index is -0.689. The second kappa shape index (κ2) is 9.79. The van der Waals surface area contributed by atoms with E-state index in [4.69, 9.17) is 9.47 Å². The third-order valence-electron chi connectivity index (χ3n) is 6.08. The van der Waals surface area contributed by atoms with Gasteiger partial charge < -0.3 is 19.5 Å². The van der Waals surface area contributed by atoms with Crippen LogP contribution in [0.2, 0.25) is 0 Å². The highest BCUT2D eigenvalue weighted by atomic mass is 16.5. The topological polar surface area (TPSA) is 76.1 Å². The van der Waals surface area contributed by atoms with E-state index in [-0.39, 0.29) is 16.7 Å². The number of Topliss-reactive ketones (excluding diaryl/α,β-unsaturated/α-hetero) is 1. The highest BCUT2D eigenvalue weighted by Crippen LogP contribution is 2.41. The fraction of sp³-hybridized carbons (Fsp3) is 0.407. The summed E-state index contributed by atoms with van der Waals surface area (Å²) in [5.74, 6) is -0.764. The van der Waals surface area contributed by atoms with Gasteiger partial charge in [-0.15, -0.1) is 0 Å². The quantitative estimate of drug-likeness (QED) is 0.284. The summed E-state index contributed by atoms with van der Waals surface area (Å²) in [6.45, 7) is 8.96. The summed E-state index contributed by atoms with van der Waals surface area (Å²) >= 11 is 0. The van der Waals surface area contributed by atoms with Gasteiger partial charge >= 0.3 is 0 Å². The number of likely N-dealkylation sites (tertiary alicyclic amines) is 1. The van der Waals surface area contributed by atoms with Crippen molar-refractivity contribution < 1.29 is 24.2 Å². The summed E-state index contributed by atoms with van der Waals surface area (Å²) in [7, 11) is 3.18. The average molecular weight is 452 g/mol. The van der Waals surface area contributed by atoms with Crippen LogP contribution in [0.4, 0.5) is 0 Å². The SMILES string of the molecule is COCCCN1C(=O)C(=O)/C(=C(/O)c2cc(C(C)(C)C)ccc2C)C1c1ccc(OC)cc1. The van der Waals surface area contributed by atoms with Gasteiger partial charge in [0, 0.05) is 25.8 Å². The lowest BCUT2D eigenvalue weighted by Gasteiger charge is -2.26. The molecule has 2 aromatic rings. The Morgan fingerprint density at radius 1 is 1.06 bits per heavy atom. The number of aliphatic hydroxyl groups is 1. The molecule has 1 amide bonds. The number of benzene rings is 2. The molecule has 0 aromatic heterocycles. The van der Waals surface area contributed by atoms with Gasteiger partial charge in [0.1, 0.15) is 11.5 Å². The number of carbonyl (C=O) groups excluding carboxylic acids is 2. The maximum absolute atomic E-state index is 13.2. The smallest absolute Gasteiger partial charge is 0.295 e. The molecule has 3 rings (SSSR count). The molecule has 1 saturated heterocycles. The number of methoxy groups -OCH3 is 2. The molecule has 6 heteroatoms. The number of hydrogen-bond acceptors (Lipinski definition) is 5. The molecule has 0 radical (unpaired) electrons. The first-order valence-electron chi connectivity index (χ1n) is 11.1. The van der Waals surface area contributed by atoms with Crippen molar-refractivity contribution in [1.82, 2.24) is 4.90 Å². The van der Waals surface area contributed by atoms with Crippen LogP contribution in [0.1, 0.15) is 55.5 Å². The van der Waals surface area contributed by atoms with Crippen LogP contribution in [0.5, 0.6) is 5.75 Å². The molecule has 0 bridgehead atoms. The van der Waals surface area contributed by atoms with Crippen LogP contribution in [0.15, 0.2) is 48.0 Å². The molecule has 33 heavy (non-hydrogen) atoms. The van der Waals surface area contributed by atoms with Gasteiger partial charge in [0.25, 0.3) is 11.7 Å². The molecule has 1 unspecified atom stereocenters. The van der Waals surface area contributed by atoms with E-state index in [9.17, 15) is 14.7 Å². The number of hydrogen-bond donors (Lipinski definition) is 1. The Labute approximate surface area is 195 Å². The van der Waals surface area contributed by atoms with Crippen LogP contribution >= 0.6 is 0 Å². The maximum atomic E-state index is 13.2. The first kappa shape index (κ1) is 24.5. The summed E-state index contributed by atoms with van der Waals surface area (Å²) in [4.78, 5) is 27.8. The summed E-state index contributed by atoms with van der Waals surface area (Å²) in [6, 6.07) is 12.4. The van der Waals surface area contributed by atoms with E-state index in [0.29, 0.717) is 30.9 Å². The summed E-state index contributed by atoms with van der Waals surface area (Å²) in [5.41, 5.74) is 3.14. The Morgan fingerprint density at radius 3 is 2.30 bits per heavy atom. The first-order chi connectivity index (χ1) is 15.6. The fourth-order valence-corrected chi connectivity index (χ4v) is 4.11. The van der Waals surface area contributed by atoms with Gasteiger partial charge in [0.05, 0.1) is 18.7 Å². The highest BCUT2D eigenvalue weighted by Gasteiger charge is 2.46. The van der Waals surface area contributed by atoms with E-state index in [2.05, 4.69) is 20.8 Å². The van der Waals surface area contributed by atoms with E-state index >= 15 is 0 Å². The van der Waals surface area contributed by atoms with E-state index in [1.807, 2.05) is 37.3 Å². The number of amides is 1. The molecule has 1 heterocycles. The van der Waals surface area contributed by atoms with Crippen LogP contribution < -0.4 is 4.74 Å². The lowest BCUT2D eigenvalue weighted by atomic mass is 9.84. The lowest BCUT2D eigenvalue weighted by molar-refractivity contribution is -0.140. The van der Waals surface area contributed by atoms with Crippen LogP contribution in [0.25, 0.3) is 5.76 Å². The molecule has 0 saturated carbocycles. The predicted molar refractivity (Wildman–Crippen MR) is 128 cm³/mol. The number of ketones is 1. The third-order valence-corrected chi connectivity index (χ3v) is 6.08. The summed E-state index contributed by atoms with van der Waals surface area (Å²) < 4.78 is 10.4. The standard InChI is InChI=1S/C27H33NO5/c1-17-8-11-19(27(2,3)4)16-21(17)24(29)22-23(18-9-12-20(33-6)13-10-18)28(14-7-15-32-5)26(31)25(22)30/h8-13,16,23,29H,7,14-15H2,1-6H3/b24-22+. The molecular formula is C27H33NO5. The van der Waals surface area contributed by atoms with Crippen molar-refractivity contribution in [3.05, 3.63) is 70.3 Å². The lowest BCUT2D eigenvalue weighted by Crippen LogP contribution is -2.31. The molecule has 1 N–H and O–H groups in total. The van der Waals surface area contributed by atoms with Crippen molar-refractivity contribution in [1.29, 1.82) is 0 Å². The Balaban J connectivity index is 2.18. The van der Waals surface area contributed by atoms with Gasteiger partial charge in [-0.3, -0.25) is 9.59 Å². The van der Waals surface area contributed by atoms with E-state index in [1.54, 1.807) is 26.4 Å². The minimum Gasteiger partial charge on any atom is -0.507 e. The average Bonchev–Trinajstić information content (AvgIpc) is 3.03. The number of aryl methyl sites for hydroxylation is 1. The van der Waals surface area contributed by atoms with Crippen LogP contribution in [0, 0.1) is 6.92 Å². The zero-order valence-corrected chi connectivity index (χ0v) is 20.3. The maximum Gasteiger partial charge on any atom is 0.295 e. The van der Waals surface area contributed by atoms with E-state index < -0.39 is 17.7 Å². The molecule has 1 aliphatic heterocycles. The Morgan fingerprint density at radius 2 is 1.73 bits per heavy atom. The third kappa shape index (κ3) is 4.96. The van der Waals surface area contributed by atoms with Crippen molar-refractivity contribution >= 4 is 17.4 Å². The van der Waals surface area contributed by atoms with Gasteiger partial charge in [-0.1, -0.05) is 45.0 Å². The van der Waals surface area contributed by atoms with E-state index in [0.717, 1.165) is 16.7 Å². The Kier molecular flexibility index (Phi) is 7.28. The van der Waals surface area contributed by atoms with Crippen LogP contribution in [-0.4, -0.2) is 49.1 Å². The van der Waals surface area contributed by atoms with E-state index in [1.165, 1.54) is 4.90 Å². The predicted octanol–water partition coefficient (Wildman–Crippen LogP) is 4.76. The molecule has 0 aliphatic carbocycles. The van der Waals surface area contributed by atoms with Gasteiger partial charge in [-0.05, 0) is 53.6 Å².